The summed E-state index contributed by atoms with van der Waals surface area (Å²) in [7, 11) is 0. The number of phenols is 1. The van der Waals surface area contributed by atoms with Gasteiger partial charge in [-0.2, -0.15) is 0 Å². The van der Waals surface area contributed by atoms with Crippen LogP contribution in [0.4, 0.5) is 4.39 Å². The molecule has 0 aliphatic heterocycles. The molecule has 19 heavy (non-hydrogen) atoms. The monoisotopic (exact) mass is 268 g/mol. The molecule has 1 amide bonds. The van der Waals surface area contributed by atoms with Gasteiger partial charge in [0.1, 0.15) is 11.6 Å². The summed E-state index contributed by atoms with van der Waals surface area (Å²) in [5.74, 6) is -1.19. The molecule has 0 heterocycles. The number of carbonyl (C=O) groups excluding carboxylic acids is 1. The summed E-state index contributed by atoms with van der Waals surface area (Å²) in [6.07, 6.45) is 0.823. The smallest absolute Gasteiger partial charge is 0.255 e. The van der Waals surface area contributed by atoms with Crippen molar-refractivity contribution < 1.29 is 14.3 Å². The van der Waals surface area contributed by atoms with Gasteiger partial charge in [0, 0.05) is 6.54 Å². The molecule has 4 nitrogen and oxygen atoms in total. The third-order valence-electron chi connectivity index (χ3n) is 3.03. The Morgan fingerprint density at radius 2 is 2.05 bits per heavy atom. The van der Waals surface area contributed by atoms with Gasteiger partial charge in [-0.05, 0) is 44.3 Å². The van der Waals surface area contributed by atoms with Crippen molar-refractivity contribution in [2.75, 3.05) is 26.2 Å². The molecule has 0 aliphatic carbocycles. The molecule has 0 aromatic heterocycles. The Labute approximate surface area is 113 Å². The lowest BCUT2D eigenvalue weighted by molar-refractivity contribution is 0.0948. The molecular weight excluding hydrogens is 247 g/mol. The lowest BCUT2D eigenvalue weighted by Crippen LogP contribution is -2.30. The van der Waals surface area contributed by atoms with Gasteiger partial charge in [0.05, 0.1) is 5.56 Å². The molecule has 2 N–H and O–H groups in total. The molecule has 0 atom stereocenters. The number of carbonyl (C=O) groups is 1. The van der Waals surface area contributed by atoms with Gasteiger partial charge in [-0.3, -0.25) is 4.79 Å². The number of nitrogens with one attached hydrogen (secondary N) is 1. The molecule has 0 aliphatic rings. The number of hydrogen-bond acceptors (Lipinski definition) is 3. The van der Waals surface area contributed by atoms with E-state index in [-0.39, 0.29) is 11.3 Å². The van der Waals surface area contributed by atoms with Crippen LogP contribution in [0.5, 0.6) is 5.75 Å². The molecule has 0 saturated heterocycles. The van der Waals surface area contributed by atoms with E-state index >= 15 is 0 Å². The van der Waals surface area contributed by atoms with Gasteiger partial charge in [-0.25, -0.2) is 4.39 Å². The molecule has 0 fully saturated rings. The van der Waals surface area contributed by atoms with Crippen molar-refractivity contribution in [1.29, 1.82) is 0 Å². The maximum absolute atomic E-state index is 13.0. The van der Waals surface area contributed by atoms with Gasteiger partial charge < -0.3 is 15.3 Å². The van der Waals surface area contributed by atoms with Crippen LogP contribution in [0.25, 0.3) is 0 Å². The molecule has 1 aromatic carbocycles. The minimum absolute atomic E-state index is 0.0251. The number of benzene rings is 1. The molecule has 0 unspecified atom stereocenters. The summed E-state index contributed by atoms with van der Waals surface area (Å²) >= 11 is 0. The Hall–Kier alpha value is -1.62. The summed E-state index contributed by atoms with van der Waals surface area (Å²) in [6.45, 7) is 7.55. The molecule has 5 heteroatoms. The van der Waals surface area contributed by atoms with Gasteiger partial charge in [0.15, 0.2) is 0 Å². The van der Waals surface area contributed by atoms with Crippen LogP contribution in [-0.2, 0) is 0 Å². The van der Waals surface area contributed by atoms with Gasteiger partial charge in [-0.1, -0.05) is 13.8 Å². The number of nitrogens with zero attached hydrogens (tertiary/aromatic N) is 1. The highest BCUT2D eigenvalue weighted by atomic mass is 19.1. The zero-order valence-electron chi connectivity index (χ0n) is 11.4. The van der Waals surface area contributed by atoms with Crippen LogP contribution in [0.1, 0.15) is 30.6 Å². The number of amides is 1. The fourth-order valence-electron chi connectivity index (χ4n) is 1.83. The zero-order chi connectivity index (χ0) is 14.3. The highest BCUT2D eigenvalue weighted by Gasteiger charge is 2.11. The fraction of sp³-hybridized carbons (Fsp3) is 0.500. The van der Waals surface area contributed by atoms with E-state index in [1.807, 2.05) is 0 Å². The lowest BCUT2D eigenvalue weighted by Gasteiger charge is -2.17. The van der Waals surface area contributed by atoms with Crippen molar-refractivity contribution in [1.82, 2.24) is 10.2 Å². The predicted molar refractivity (Wildman–Crippen MR) is 72.8 cm³/mol. The van der Waals surface area contributed by atoms with Crippen LogP contribution in [0, 0.1) is 5.82 Å². The third-order valence-corrected chi connectivity index (χ3v) is 3.03. The Balaban J connectivity index is 2.41. The molecule has 1 rings (SSSR count). The SMILES string of the molecule is CCN(CC)CCCNC(=O)c1cc(F)ccc1O. The lowest BCUT2D eigenvalue weighted by atomic mass is 10.2. The van der Waals surface area contributed by atoms with E-state index in [1.54, 1.807) is 0 Å². The van der Waals surface area contributed by atoms with E-state index in [1.165, 1.54) is 6.07 Å². The van der Waals surface area contributed by atoms with Crippen LogP contribution >= 0.6 is 0 Å². The Kier molecular flexibility index (Phi) is 6.29. The zero-order valence-corrected chi connectivity index (χ0v) is 11.4. The topological polar surface area (TPSA) is 52.6 Å². The van der Waals surface area contributed by atoms with Gasteiger partial charge in [0.25, 0.3) is 5.91 Å². The molecular formula is C14H21FN2O2. The molecule has 1 aromatic rings. The largest absolute Gasteiger partial charge is 0.507 e. The maximum atomic E-state index is 13.0. The summed E-state index contributed by atoms with van der Waals surface area (Å²) in [6, 6.07) is 3.34. The van der Waals surface area contributed by atoms with E-state index in [0.717, 1.165) is 38.2 Å². The Morgan fingerprint density at radius 1 is 1.37 bits per heavy atom. The minimum atomic E-state index is -0.536. The van der Waals surface area contributed by atoms with Crippen molar-refractivity contribution in [3.05, 3.63) is 29.6 Å². The van der Waals surface area contributed by atoms with Crippen molar-refractivity contribution in [3.63, 3.8) is 0 Å². The van der Waals surface area contributed by atoms with E-state index in [2.05, 4.69) is 24.1 Å². The molecule has 106 valence electrons. The van der Waals surface area contributed by atoms with Gasteiger partial charge >= 0.3 is 0 Å². The second-order valence-corrected chi connectivity index (χ2v) is 4.30. The molecule has 0 bridgehead atoms. The normalized spacial score (nSPS) is 10.7. The van der Waals surface area contributed by atoms with Crippen molar-refractivity contribution in [2.45, 2.75) is 20.3 Å². The van der Waals surface area contributed by atoms with Crippen molar-refractivity contribution >= 4 is 5.91 Å². The highest BCUT2D eigenvalue weighted by molar-refractivity contribution is 5.96. The van der Waals surface area contributed by atoms with Crippen molar-refractivity contribution in [2.24, 2.45) is 0 Å². The second-order valence-electron chi connectivity index (χ2n) is 4.30. The van der Waals surface area contributed by atoms with Crippen LogP contribution in [-0.4, -0.2) is 42.1 Å². The van der Waals surface area contributed by atoms with Crippen LogP contribution < -0.4 is 5.32 Å². The first-order valence-electron chi connectivity index (χ1n) is 6.57. The average molecular weight is 268 g/mol. The standard InChI is InChI=1S/C14H21FN2O2/c1-3-17(4-2)9-5-8-16-14(19)12-10-11(15)6-7-13(12)18/h6-7,10,18H,3-5,8-9H2,1-2H3,(H,16,19). The Morgan fingerprint density at radius 3 is 2.68 bits per heavy atom. The van der Waals surface area contributed by atoms with Crippen LogP contribution in [0.15, 0.2) is 18.2 Å². The van der Waals surface area contributed by atoms with Crippen LogP contribution in [0.3, 0.4) is 0 Å². The number of halogens is 1. The van der Waals surface area contributed by atoms with E-state index < -0.39 is 11.7 Å². The predicted octanol–water partition coefficient (Wildman–Crippen LogP) is 1.99. The summed E-state index contributed by atoms with van der Waals surface area (Å²) in [4.78, 5) is 14.0. The Bertz CT molecular complexity index is 420. The minimum Gasteiger partial charge on any atom is -0.507 e. The van der Waals surface area contributed by atoms with Crippen molar-refractivity contribution in [3.8, 4) is 5.75 Å². The molecule has 0 saturated carbocycles. The van der Waals surface area contributed by atoms with E-state index in [9.17, 15) is 14.3 Å². The van der Waals surface area contributed by atoms with Gasteiger partial charge in [-0.15, -0.1) is 0 Å². The number of hydrogen-bond donors (Lipinski definition) is 2. The fourth-order valence-corrected chi connectivity index (χ4v) is 1.83. The number of aromatic hydroxyl groups is 1. The first kappa shape index (κ1) is 15.4. The van der Waals surface area contributed by atoms with Gasteiger partial charge in [0.2, 0.25) is 0 Å². The first-order valence-corrected chi connectivity index (χ1v) is 6.57. The summed E-state index contributed by atoms with van der Waals surface area (Å²) in [5.41, 5.74) is -0.0251. The number of phenolic OH excluding ortho intramolecular Hbond substituents is 1. The first-order chi connectivity index (χ1) is 9.08. The summed E-state index contributed by atoms with van der Waals surface area (Å²) < 4.78 is 13.0. The quantitative estimate of drug-likeness (QED) is 0.744. The van der Waals surface area contributed by atoms with E-state index in [0.29, 0.717) is 6.54 Å². The second kappa shape index (κ2) is 7.74. The summed E-state index contributed by atoms with van der Waals surface area (Å²) in [5, 5.41) is 12.2. The third kappa shape index (κ3) is 4.87. The molecule has 0 radical (unpaired) electrons. The average Bonchev–Trinajstić information content (AvgIpc) is 2.41. The maximum Gasteiger partial charge on any atom is 0.255 e. The number of rotatable bonds is 7. The molecule has 0 spiro atoms. The van der Waals surface area contributed by atoms with E-state index in [4.69, 9.17) is 0 Å². The van der Waals surface area contributed by atoms with Crippen LogP contribution in [0.2, 0.25) is 0 Å². The highest BCUT2D eigenvalue weighted by Crippen LogP contribution is 2.17.